The number of hydrogen-bond acceptors (Lipinski definition) is 5. The van der Waals surface area contributed by atoms with Gasteiger partial charge in [0.25, 0.3) is 0 Å². The van der Waals surface area contributed by atoms with E-state index in [1.54, 1.807) is 4.90 Å². The van der Waals surface area contributed by atoms with E-state index >= 15 is 0 Å². The molecule has 1 aromatic heterocycles. The van der Waals surface area contributed by atoms with Crippen molar-refractivity contribution in [2.45, 2.75) is 58.2 Å². The van der Waals surface area contributed by atoms with Gasteiger partial charge in [0.05, 0.1) is 0 Å². The average Bonchev–Trinajstić information content (AvgIpc) is 2.67. The molecule has 0 spiro atoms. The number of piperidine rings is 1. The van der Waals surface area contributed by atoms with E-state index in [-0.39, 0.29) is 18.0 Å². The van der Waals surface area contributed by atoms with Gasteiger partial charge in [-0.05, 0) is 57.7 Å². The standard InChI is InChI=1S/C22H26ClF3N4O2/c1-13-10-14(15-6-5-9-30(12-15)20(31)32-21(2,3)4)7-8-17(13)28-19-27-11-16(18(23)29-19)22(24,25)26/h7-8,10-11,15H,5-6,9,12H2,1-4H3,(H,27,28,29). The Kier molecular flexibility index (Phi) is 6.88. The molecule has 1 atom stereocenters. The second kappa shape index (κ2) is 9.13. The number of carbonyl (C=O) groups is 1. The van der Waals surface area contributed by atoms with Crippen LogP contribution in [0.2, 0.25) is 5.15 Å². The van der Waals surface area contributed by atoms with Gasteiger partial charge in [-0.3, -0.25) is 0 Å². The molecule has 1 saturated heterocycles. The van der Waals surface area contributed by atoms with Crippen molar-refractivity contribution in [3.05, 3.63) is 46.2 Å². The lowest BCUT2D eigenvalue weighted by Gasteiger charge is -2.34. The van der Waals surface area contributed by atoms with Crippen LogP contribution in [-0.4, -0.2) is 39.7 Å². The summed E-state index contributed by atoms with van der Waals surface area (Å²) < 4.78 is 44.0. The van der Waals surface area contributed by atoms with Crippen LogP contribution in [0.4, 0.5) is 29.6 Å². The van der Waals surface area contributed by atoms with Crippen LogP contribution in [0.1, 0.15) is 56.2 Å². The summed E-state index contributed by atoms with van der Waals surface area (Å²) in [6, 6.07) is 5.76. The Morgan fingerprint density at radius 2 is 2.00 bits per heavy atom. The fraction of sp³-hybridized carbons (Fsp3) is 0.500. The third-order valence-electron chi connectivity index (χ3n) is 5.09. The number of halogens is 4. The van der Waals surface area contributed by atoms with E-state index < -0.39 is 22.5 Å². The fourth-order valence-corrected chi connectivity index (χ4v) is 3.79. The number of amides is 1. The minimum absolute atomic E-state index is 0.0207. The lowest BCUT2D eigenvalue weighted by Crippen LogP contribution is -2.42. The molecule has 3 rings (SSSR count). The number of likely N-dealkylation sites (tertiary alicyclic amines) is 1. The van der Waals surface area contributed by atoms with Gasteiger partial charge in [-0.15, -0.1) is 0 Å². The van der Waals surface area contributed by atoms with Crippen LogP contribution in [0.5, 0.6) is 0 Å². The number of anilines is 2. The summed E-state index contributed by atoms with van der Waals surface area (Å²) in [5.74, 6) is 0.147. The van der Waals surface area contributed by atoms with Gasteiger partial charge in [0.2, 0.25) is 5.95 Å². The molecular weight excluding hydrogens is 445 g/mol. The monoisotopic (exact) mass is 470 g/mol. The lowest BCUT2D eigenvalue weighted by atomic mass is 9.89. The van der Waals surface area contributed by atoms with Crippen molar-refractivity contribution in [1.82, 2.24) is 14.9 Å². The fourth-order valence-electron chi connectivity index (χ4n) is 3.55. The highest BCUT2D eigenvalue weighted by molar-refractivity contribution is 6.30. The quantitative estimate of drug-likeness (QED) is 0.532. The Morgan fingerprint density at radius 3 is 2.59 bits per heavy atom. The number of carbonyl (C=O) groups excluding carboxylic acids is 1. The van der Waals surface area contributed by atoms with E-state index in [1.165, 1.54) is 0 Å². The zero-order valence-corrected chi connectivity index (χ0v) is 19.1. The highest BCUT2D eigenvalue weighted by atomic mass is 35.5. The van der Waals surface area contributed by atoms with Gasteiger partial charge in [-0.1, -0.05) is 23.7 Å². The zero-order chi connectivity index (χ0) is 23.7. The first kappa shape index (κ1) is 24.1. The molecule has 1 unspecified atom stereocenters. The number of nitrogens with zero attached hydrogens (tertiary/aromatic N) is 3. The molecule has 10 heteroatoms. The molecule has 1 amide bonds. The smallest absolute Gasteiger partial charge is 0.420 e. The molecule has 1 aromatic carbocycles. The summed E-state index contributed by atoms with van der Waals surface area (Å²) in [5.41, 5.74) is 0.981. The molecule has 0 bridgehead atoms. The van der Waals surface area contributed by atoms with E-state index in [0.717, 1.165) is 24.0 Å². The maximum atomic E-state index is 12.8. The van der Waals surface area contributed by atoms with Gasteiger partial charge in [0.15, 0.2) is 0 Å². The molecule has 6 nitrogen and oxygen atoms in total. The van der Waals surface area contributed by atoms with Gasteiger partial charge in [-0.2, -0.15) is 13.2 Å². The first-order chi connectivity index (χ1) is 14.8. The number of nitrogens with one attached hydrogen (secondary N) is 1. The van der Waals surface area contributed by atoms with E-state index in [1.807, 2.05) is 45.9 Å². The van der Waals surface area contributed by atoms with Crippen LogP contribution in [-0.2, 0) is 10.9 Å². The lowest BCUT2D eigenvalue weighted by molar-refractivity contribution is -0.137. The van der Waals surface area contributed by atoms with Gasteiger partial charge in [-0.25, -0.2) is 14.8 Å². The Labute approximate surface area is 190 Å². The zero-order valence-electron chi connectivity index (χ0n) is 18.4. The number of aryl methyl sites for hydroxylation is 1. The van der Waals surface area contributed by atoms with Crippen molar-refractivity contribution in [1.29, 1.82) is 0 Å². The SMILES string of the molecule is Cc1cc(C2CCCN(C(=O)OC(C)(C)C)C2)ccc1Nc1ncc(C(F)(F)F)c(Cl)n1. The number of alkyl halides is 3. The molecule has 1 N–H and O–H groups in total. The Bertz CT molecular complexity index is 992. The van der Waals surface area contributed by atoms with Crippen LogP contribution < -0.4 is 5.32 Å². The van der Waals surface area contributed by atoms with Gasteiger partial charge < -0.3 is 15.0 Å². The average molecular weight is 471 g/mol. The summed E-state index contributed by atoms with van der Waals surface area (Å²) in [4.78, 5) is 21.6. The van der Waals surface area contributed by atoms with Crippen molar-refractivity contribution >= 4 is 29.3 Å². The summed E-state index contributed by atoms with van der Waals surface area (Å²) in [6.07, 6.45) is -2.44. The normalized spacial score (nSPS) is 17.2. The van der Waals surface area contributed by atoms with Crippen LogP contribution >= 0.6 is 11.6 Å². The van der Waals surface area contributed by atoms with Crippen molar-refractivity contribution in [2.75, 3.05) is 18.4 Å². The molecule has 2 heterocycles. The van der Waals surface area contributed by atoms with Crippen molar-refractivity contribution < 1.29 is 22.7 Å². The third-order valence-corrected chi connectivity index (χ3v) is 5.38. The molecule has 0 saturated carbocycles. The van der Waals surface area contributed by atoms with E-state index in [2.05, 4.69) is 15.3 Å². The molecule has 1 aliphatic rings. The minimum atomic E-state index is -4.61. The Morgan fingerprint density at radius 1 is 1.28 bits per heavy atom. The number of rotatable bonds is 3. The molecule has 174 valence electrons. The highest BCUT2D eigenvalue weighted by Crippen LogP contribution is 2.34. The predicted octanol–water partition coefficient (Wildman–Crippen LogP) is 6.32. The molecule has 32 heavy (non-hydrogen) atoms. The van der Waals surface area contributed by atoms with Crippen LogP contribution in [0.3, 0.4) is 0 Å². The summed E-state index contributed by atoms with van der Waals surface area (Å²) >= 11 is 5.67. The number of ether oxygens (including phenoxy) is 1. The van der Waals surface area contributed by atoms with Crippen molar-refractivity contribution in [3.63, 3.8) is 0 Å². The van der Waals surface area contributed by atoms with Crippen molar-refractivity contribution in [2.24, 2.45) is 0 Å². The van der Waals surface area contributed by atoms with Gasteiger partial charge >= 0.3 is 12.3 Å². The van der Waals surface area contributed by atoms with Crippen LogP contribution in [0, 0.1) is 6.92 Å². The van der Waals surface area contributed by atoms with Crippen LogP contribution in [0.15, 0.2) is 24.4 Å². The number of hydrogen-bond donors (Lipinski definition) is 1. The second-order valence-corrected chi connectivity index (χ2v) is 9.22. The first-order valence-corrected chi connectivity index (χ1v) is 10.7. The molecule has 0 radical (unpaired) electrons. The largest absolute Gasteiger partial charge is 0.444 e. The maximum Gasteiger partial charge on any atom is 0.420 e. The van der Waals surface area contributed by atoms with Gasteiger partial charge in [0, 0.05) is 30.9 Å². The summed E-state index contributed by atoms with van der Waals surface area (Å²) in [5, 5.41) is 2.26. The third kappa shape index (κ3) is 6.03. The summed E-state index contributed by atoms with van der Waals surface area (Å²) in [7, 11) is 0. The Hall–Kier alpha value is -2.55. The molecular formula is C22H26ClF3N4O2. The second-order valence-electron chi connectivity index (χ2n) is 8.86. The molecule has 1 aliphatic heterocycles. The molecule has 2 aromatic rings. The molecule has 1 fully saturated rings. The first-order valence-electron chi connectivity index (χ1n) is 10.3. The summed E-state index contributed by atoms with van der Waals surface area (Å²) in [6.45, 7) is 8.64. The van der Waals surface area contributed by atoms with Gasteiger partial charge in [0.1, 0.15) is 16.3 Å². The van der Waals surface area contributed by atoms with E-state index in [4.69, 9.17) is 16.3 Å². The minimum Gasteiger partial charge on any atom is -0.444 e. The number of aromatic nitrogens is 2. The van der Waals surface area contributed by atoms with Crippen molar-refractivity contribution in [3.8, 4) is 0 Å². The van der Waals surface area contributed by atoms with E-state index in [9.17, 15) is 18.0 Å². The highest BCUT2D eigenvalue weighted by Gasteiger charge is 2.34. The Balaban J connectivity index is 1.71. The number of benzene rings is 1. The predicted molar refractivity (Wildman–Crippen MR) is 116 cm³/mol. The van der Waals surface area contributed by atoms with E-state index in [0.29, 0.717) is 25.0 Å². The molecule has 0 aliphatic carbocycles. The van der Waals surface area contributed by atoms with Crippen LogP contribution in [0.25, 0.3) is 0 Å². The topological polar surface area (TPSA) is 67.3 Å². The maximum absolute atomic E-state index is 12.8.